The zero-order chi connectivity index (χ0) is 17.3. The average Bonchev–Trinajstić information content (AvgIpc) is 2.45. The molecule has 1 N–H and O–H groups in total. The standard InChI is InChI=1S/C15H12F3NO3S/c1-23(21,22)19-13-7-5-10(6-8-13)14(20)11-3-2-4-12(9-11)15(16,17)18/h2-9,19H,1H3. The lowest BCUT2D eigenvalue weighted by molar-refractivity contribution is -0.137. The van der Waals surface area contributed by atoms with Gasteiger partial charge < -0.3 is 0 Å². The fourth-order valence-corrected chi connectivity index (χ4v) is 2.47. The predicted octanol–water partition coefficient (Wildman–Crippen LogP) is 3.31. The summed E-state index contributed by atoms with van der Waals surface area (Å²) in [5.41, 5.74) is -0.584. The van der Waals surface area contributed by atoms with Crippen LogP contribution in [0, 0.1) is 0 Å². The molecule has 0 aliphatic heterocycles. The van der Waals surface area contributed by atoms with E-state index in [9.17, 15) is 26.4 Å². The quantitative estimate of drug-likeness (QED) is 0.867. The Kier molecular flexibility index (Phi) is 4.46. The second-order valence-corrected chi connectivity index (χ2v) is 6.61. The van der Waals surface area contributed by atoms with Crippen LogP contribution in [0.15, 0.2) is 48.5 Å². The number of halogens is 3. The number of alkyl halides is 3. The Morgan fingerprint density at radius 3 is 2.13 bits per heavy atom. The summed E-state index contributed by atoms with van der Waals surface area (Å²) in [5.74, 6) is -0.581. The molecule has 0 aromatic heterocycles. The minimum absolute atomic E-state index is 0.0938. The summed E-state index contributed by atoms with van der Waals surface area (Å²) >= 11 is 0. The van der Waals surface area contributed by atoms with Crippen molar-refractivity contribution in [3.8, 4) is 0 Å². The zero-order valence-electron chi connectivity index (χ0n) is 11.9. The van der Waals surface area contributed by atoms with Gasteiger partial charge in [-0.3, -0.25) is 9.52 Å². The van der Waals surface area contributed by atoms with Crippen molar-refractivity contribution >= 4 is 21.5 Å². The molecule has 0 unspecified atom stereocenters. The minimum Gasteiger partial charge on any atom is -0.289 e. The van der Waals surface area contributed by atoms with Gasteiger partial charge in [0.2, 0.25) is 10.0 Å². The molecule has 0 aliphatic carbocycles. The van der Waals surface area contributed by atoms with Crippen molar-refractivity contribution in [3.05, 3.63) is 65.2 Å². The van der Waals surface area contributed by atoms with Gasteiger partial charge in [0.1, 0.15) is 0 Å². The predicted molar refractivity (Wildman–Crippen MR) is 79.8 cm³/mol. The second kappa shape index (κ2) is 6.04. The molecule has 122 valence electrons. The van der Waals surface area contributed by atoms with Crippen LogP contribution in [0.4, 0.5) is 18.9 Å². The van der Waals surface area contributed by atoms with Crippen LogP contribution in [0.25, 0.3) is 0 Å². The lowest BCUT2D eigenvalue weighted by Gasteiger charge is -2.09. The first kappa shape index (κ1) is 17.0. The van der Waals surface area contributed by atoms with Gasteiger partial charge in [0.05, 0.1) is 11.8 Å². The summed E-state index contributed by atoms with van der Waals surface area (Å²) < 4.78 is 62.4. The Labute approximate surface area is 131 Å². The number of rotatable bonds is 4. The van der Waals surface area contributed by atoms with E-state index < -0.39 is 27.5 Å². The maximum atomic E-state index is 12.7. The number of carbonyl (C=O) groups is 1. The van der Waals surface area contributed by atoms with E-state index >= 15 is 0 Å². The van der Waals surface area contributed by atoms with E-state index in [1.54, 1.807) is 0 Å². The van der Waals surface area contributed by atoms with Crippen LogP contribution in [0.5, 0.6) is 0 Å². The van der Waals surface area contributed by atoms with Gasteiger partial charge in [-0.15, -0.1) is 0 Å². The van der Waals surface area contributed by atoms with Crippen molar-refractivity contribution < 1.29 is 26.4 Å². The highest BCUT2D eigenvalue weighted by atomic mass is 32.2. The van der Waals surface area contributed by atoms with Crippen molar-refractivity contribution in [3.63, 3.8) is 0 Å². The van der Waals surface area contributed by atoms with Crippen molar-refractivity contribution in [2.24, 2.45) is 0 Å². The Bertz CT molecular complexity index is 828. The van der Waals surface area contributed by atoms with Gasteiger partial charge in [0.15, 0.2) is 5.78 Å². The molecule has 23 heavy (non-hydrogen) atoms. The first-order valence-corrected chi connectivity index (χ1v) is 8.25. The number of carbonyl (C=O) groups excluding carboxylic acids is 1. The van der Waals surface area contributed by atoms with Gasteiger partial charge in [-0.05, 0) is 36.4 Å². The average molecular weight is 343 g/mol. The van der Waals surface area contributed by atoms with Crippen LogP contribution in [-0.4, -0.2) is 20.5 Å². The maximum absolute atomic E-state index is 12.7. The molecule has 2 aromatic rings. The van der Waals surface area contributed by atoms with Gasteiger partial charge in [-0.1, -0.05) is 12.1 Å². The highest BCUT2D eigenvalue weighted by Gasteiger charge is 2.30. The highest BCUT2D eigenvalue weighted by molar-refractivity contribution is 7.92. The van der Waals surface area contributed by atoms with E-state index in [0.717, 1.165) is 24.5 Å². The molecule has 0 saturated heterocycles. The molecule has 0 fully saturated rings. The van der Waals surface area contributed by atoms with E-state index in [0.29, 0.717) is 0 Å². The first-order valence-electron chi connectivity index (χ1n) is 6.36. The molecular formula is C15H12F3NO3S. The van der Waals surface area contributed by atoms with Gasteiger partial charge in [-0.25, -0.2) is 8.42 Å². The SMILES string of the molecule is CS(=O)(=O)Nc1ccc(C(=O)c2cccc(C(F)(F)F)c2)cc1. The number of hydrogen-bond acceptors (Lipinski definition) is 3. The molecule has 4 nitrogen and oxygen atoms in total. The number of hydrogen-bond donors (Lipinski definition) is 1. The Morgan fingerprint density at radius 2 is 1.61 bits per heavy atom. The number of benzene rings is 2. The minimum atomic E-state index is -4.53. The summed E-state index contributed by atoms with van der Waals surface area (Å²) in [6.45, 7) is 0. The maximum Gasteiger partial charge on any atom is 0.416 e. The summed E-state index contributed by atoms with van der Waals surface area (Å²) in [6, 6.07) is 9.53. The van der Waals surface area contributed by atoms with E-state index in [1.165, 1.54) is 30.3 Å². The highest BCUT2D eigenvalue weighted by Crippen LogP contribution is 2.30. The van der Waals surface area contributed by atoms with Crippen LogP contribution < -0.4 is 4.72 Å². The van der Waals surface area contributed by atoms with Gasteiger partial charge in [-0.2, -0.15) is 13.2 Å². The molecule has 0 saturated carbocycles. The third-order valence-corrected chi connectivity index (χ3v) is 3.51. The van der Waals surface area contributed by atoms with Gasteiger partial charge in [0.25, 0.3) is 0 Å². The fraction of sp³-hybridized carbons (Fsp3) is 0.133. The largest absolute Gasteiger partial charge is 0.416 e. The molecule has 2 aromatic carbocycles. The lowest BCUT2D eigenvalue weighted by atomic mass is 10.0. The van der Waals surface area contributed by atoms with E-state index in [4.69, 9.17) is 0 Å². The summed E-state index contributed by atoms with van der Waals surface area (Å²) in [7, 11) is -3.44. The summed E-state index contributed by atoms with van der Waals surface area (Å²) in [5, 5.41) is 0. The van der Waals surface area contributed by atoms with Crippen molar-refractivity contribution in [1.82, 2.24) is 0 Å². The van der Waals surface area contributed by atoms with Crippen LogP contribution in [0.1, 0.15) is 21.5 Å². The summed E-state index contributed by atoms with van der Waals surface area (Å²) in [4.78, 5) is 12.2. The Hall–Kier alpha value is -2.35. The van der Waals surface area contributed by atoms with E-state index in [-0.39, 0.29) is 16.8 Å². The van der Waals surface area contributed by atoms with Crippen molar-refractivity contribution in [2.45, 2.75) is 6.18 Å². The second-order valence-electron chi connectivity index (χ2n) is 4.86. The topological polar surface area (TPSA) is 63.2 Å². The molecule has 0 radical (unpaired) electrons. The molecular weight excluding hydrogens is 331 g/mol. The fourth-order valence-electron chi connectivity index (χ4n) is 1.91. The van der Waals surface area contributed by atoms with Crippen LogP contribution in [-0.2, 0) is 16.2 Å². The molecule has 0 bridgehead atoms. The Morgan fingerprint density at radius 1 is 1.00 bits per heavy atom. The molecule has 0 atom stereocenters. The van der Waals surface area contributed by atoms with E-state index in [1.807, 2.05) is 0 Å². The first-order chi connectivity index (χ1) is 10.6. The third kappa shape index (κ3) is 4.56. The molecule has 8 heteroatoms. The number of sulfonamides is 1. The van der Waals surface area contributed by atoms with Gasteiger partial charge in [0, 0.05) is 16.8 Å². The third-order valence-electron chi connectivity index (χ3n) is 2.90. The number of ketones is 1. The summed E-state index contributed by atoms with van der Waals surface area (Å²) in [6.07, 6.45) is -3.55. The smallest absolute Gasteiger partial charge is 0.289 e. The zero-order valence-corrected chi connectivity index (χ0v) is 12.7. The number of nitrogens with one attached hydrogen (secondary N) is 1. The lowest BCUT2D eigenvalue weighted by Crippen LogP contribution is -2.10. The van der Waals surface area contributed by atoms with E-state index in [2.05, 4.69) is 4.72 Å². The molecule has 2 rings (SSSR count). The molecule has 0 aliphatic rings. The van der Waals surface area contributed by atoms with Crippen molar-refractivity contribution in [2.75, 3.05) is 11.0 Å². The normalized spacial score (nSPS) is 12.0. The molecule has 0 heterocycles. The Balaban J connectivity index is 2.27. The van der Waals surface area contributed by atoms with Crippen molar-refractivity contribution in [1.29, 1.82) is 0 Å². The number of anilines is 1. The molecule has 0 amide bonds. The molecule has 0 spiro atoms. The monoisotopic (exact) mass is 343 g/mol. The van der Waals surface area contributed by atoms with Crippen LogP contribution >= 0.6 is 0 Å². The van der Waals surface area contributed by atoms with Gasteiger partial charge >= 0.3 is 6.18 Å². The van der Waals surface area contributed by atoms with Crippen LogP contribution in [0.3, 0.4) is 0 Å². The van der Waals surface area contributed by atoms with Crippen LogP contribution in [0.2, 0.25) is 0 Å².